The maximum absolute atomic E-state index is 11.0. The molecule has 0 spiro atoms. The molecule has 1 N–H and O–H groups in total. The fourth-order valence-corrected chi connectivity index (χ4v) is 2.12. The highest BCUT2D eigenvalue weighted by molar-refractivity contribution is 5.85. The van der Waals surface area contributed by atoms with Gasteiger partial charge in [-0.05, 0) is 37.8 Å². The van der Waals surface area contributed by atoms with E-state index in [0.717, 1.165) is 25.0 Å². The molecule has 0 radical (unpaired) electrons. The van der Waals surface area contributed by atoms with E-state index < -0.39 is 5.97 Å². The lowest BCUT2D eigenvalue weighted by Crippen LogP contribution is -2.10. The Morgan fingerprint density at radius 1 is 1.26 bits per heavy atom. The first-order valence-electron chi connectivity index (χ1n) is 6.48. The Hall–Kier alpha value is -2.10. The van der Waals surface area contributed by atoms with E-state index in [1.165, 1.54) is 5.56 Å². The van der Waals surface area contributed by atoms with Crippen LogP contribution < -0.4 is 0 Å². The summed E-state index contributed by atoms with van der Waals surface area (Å²) in [6.45, 7) is 2.47. The molecule has 0 amide bonds. The van der Waals surface area contributed by atoms with Crippen molar-refractivity contribution in [2.24, 2.45) is 0 Å². The van der Waals surface area contributed by atoms with E-state index in [0.29, 0.717) is 6.54 Å². The van der Waals surface area contributed by atoms with Gasteiger partial charge in [0, 0.05) is 6.54 Å². The molecular weight excluding hydrogens is 240 g/mol. The Bertz CT molecular complexity index is 547. The summed E-state index contributed by atoms with van der Waals surface area (Å²) in [5.41, 5.74) is 2.34. The number of nitrogens with zero attached hydrogens (tertiary/aromatic N) is 2. The van der Waals surface area contributed by atoms with Gasteiger partial charge >= 0.3 is 5.97 Å². The number of hydrogen-bond acceptors (Lipinski definition) is 2. The molecule has 4 heteroatoms. The summed E-state index contributed by atoms with van der Waals surface area (Å²) in [7, 11) is 0. The molecule has 1 aromatic heterocycles. The van der Waals surface area contributed by atoms with Crippen molar-refractivity contribution < 1.29 is 9.90 Å². The zero-order chi connectivity index (χ0) is 13.7. The number of carboxylic acids is 1. The van der Waals surface area contributed by atoms with Crippen molar-refractivity contribution in [1.82, 2.24) is 9.78 Å². The number of rotatable bonds is 6. The normalized spacial score (nSPS) is 10.6. The largest absolute Gasteiger partial charge is 0.477 e. The highest BCUT2D eigenvalue weighted by Crippen LogP contribution is 2.08. The van der Waals surface area contributed by atoms with Gasteiger partial charge in [0.15, 0.2) is 0 Å². The highest BCUT2D eigenvalue weighted by Gasteiger charge is 2.11. The quantitative estimate of drug-likeness (QED) is 0.810. The van der Waals surface area contributed by atoms with E-state index in [9.17, 15) is 4.79 Å². The van der Waals surface area contributed by atoms with Crippen LogP contribution in [0.25, 0.3) is 0 Å². The fraction of sp³-hybridized carbons (Fsp3) is 0.333. The SMILES string of the molecule is Cc1cc(C(=O)O)n(CCCCc2ccccc2)n1. The number of unbranched alkanes of at least 4 members (excludes halogenated alkanes) is 1. The number of hydrogen-bond donors (Lipinski definition) is 1. The number of aromatic carboxylic acids is 1. The van der Waals surface area contributed by atoms with E-state index in [-0.39, 0.29) is 5.69 Å². The molecule has 2 rings (SSSR count). The average Bonchev–Trinajstić information content (AvgIpc) is 2.77. The average molecular weight is 258 g/mol. The van der Waals surface area contributed by atoms with Gasteiger partial charge in [-0.3, -0.25) is 4.68 Å². The van der Waals surface area contributed by atoms with Gasteiger partial charge in [0.2, 0.25) is 0 Å². The Labute approximate surface area is 112 Å². The molecule has 0 aliphatic rings. The summed E-state index contributed by atoms with van der Waals surface area (Å²) in [4.78, 5) is 11.0. The van der Waals surface area contributed by atoms with Gasteiger partial charge < -0.3 is 5.11 Å². The van der Waals surface area contributed by atoms with E-state index in [2.05, 4.69) is 17.2 Å². The standard InChI is InChI=1S/C15H18N2O2/c1-12-11-14(15(18)19)17(16-12)10-6-5-9-13-7-3-2-4-8-13/h2-4,7-8,11H,5-6,9-10H2,1H3,(H,18,19). The molecule has 0 fully saturated rings. The van der Waals surface area contributed by atoms with E-state index in [1.807, 2.05) is 25.1 Å². The summed E-state index contributed by atoms with van der Waals surface area (Å²) in [5, 5.41) is 13.3. The van der Waals surface area contributed by atoms with E-state index in [4.69, 9.17) is 5.11 Å². The van der Waals surface area contributed by atoms with Crippen LogP contribution in [0.5, 0.6) is 0 Å². The van der Waals surface area contributed by atoms with Crippen molar-refractivity contribution in [2.45, 2.75) is 32.7 Å². The van der Waals surface area contributed by atoms with Gasteiger partial charge in [0.1, 0.15) is 5.69 Å². The second kappa shape index (κ2) is 6.18. The van der Waals surface area contributed by atoms with Crippen LogP contribution in [0.1, 0.15) is 34.6 Å². The number of carbonyl (C=O) groups is 1. The van der Waals surface area contributed by atoms with Crippen LogP contribution in [-0.2, 0) is 13.0 Å². The maximum Gasteiger partial charge on any atom is 0.354 e. The molecule has 4 nitrogen and oxygen atoms in total. The second-order valence-corrected chi connectivity index (χ2v) is 4.64. The van der Waals surface area contributed by atoms with Gasteiger partial charge in [0.05, 0.1) is 5.69 Å². The number of benzene rings is 1. The van der Waals surface area contributed by atoms with Crippen LogP contribution in [0.2, 0.25) is 0 Å². The van der Waals surface area contributed by atoms with Crippen molar-refractivity contribution in [3.8, 4) is 0 Å². The minimum atomic E-state index is -0.913. The zero-order valence-electron chi connectivity index (χ0n) is 11.0. The summed E-state index contributed by atoms with van der Waals surface area (Å²) in [6, 6.07) is 11.9. The molecule has 0 unspecified atom stereocenters. The molecular formula is C15H18N2O2. The monoisotopic (exact) mass is 258 g/mol. The fourth-order valence-electron chi connectivity index (χ4n) is 2.12. The predicted molar refractivity (Wildman–Crippen MR) is 73.3 cm³/mol. The molecule has 0 saturated carbocycles. The highest BCUT2D eigenvalue weighted by atomic mass is 16.4. The van der Waals surface area contributed by atoms with Crippen molar-refractivity contribution >= 4 is 5.97 Å². The summed E-state index contributed by atoms with van der Waals surface area (Å²) >= 11 is 0. The Morgan fingerprint density at radius 3 is 2.68 bits per heavy atom. The molecule has 19 heavy (non-hydrogen) atoms. The first-order valence-corrected chi connectivity index (χ1v) is 6.48. The van der Waals surface area contributed by atoms with Crippen molar-refractivity contribution in [3.63, 3.8) is 0 Å². The third-order valence-corrected chi connectivity index (χ3v) is 3.05. The lowest BCUT2D eigenvalue weighted by Gasteiger charge is -2.04. The Morgan fingerprint density at radius 2 is 2.00 bits per heavy atom. The van der Waals surface area contributed by atoms with Crippen LogP contribution in [0.4, 0.5) is 0 Å². The first kappa shape index (κ1) is 13.3. The minimum Gasteiger partial charge on any atom is -0.477 e. The minimum absolute atomic E-state index is 0.275. The second-order valence-electron chi connectivity index (χ2n) is 4.64. The van der Waals surface area contributed by atoms with Crippen LogP contribution in [0.3, 0.4) is 0 Å². The molecule has 1 heterocycles. The molecule has 0 atom stereocenters. The van der Waals surface area contributed by atoms with Crippen LogP contribution >= 0.6 is 0 Å². The topological polar surface area (TPSA) is 55.1 Å². The molecule has 0 aliphatic carbocycles. The number of carboxylic acid groups (broad SMARTS) is 1. The third kappa shape index (κ3) is 3.68. The molecule has 2 aromatic rings. The maximum atomic E-state index is 11.0. The van der Waals surface area contributed by atoms with Crippen LogP contribution in [-0.4, -0.2) is 20.9 Å². The van der Waals surface area contributed by atoms with Crippen molar-refractivity contribution in [1.29, 1.82) is 0 Å². The lowest BCUT2D eigenvalue weighted by molar-refractivity contribution is 0.0683. The lowest BCUT2D eigenvalue weighted by atomic mass is 10.1. The summed E-state index contributed by atoms with van der Waals surface area (Å²) < 4.78 is 1.59. The number of aryl methyl sites for hydroxylation is 3. The summed E-state index contributed by atoms with van der Waals surface area (Å²) in [5.74, 6) is -0.913. The third-order valence-electron chi connectivity index (χ3n) is 3.05. The first-order chi connectivity index (χ1) is 9.16. The van der Waals surface area contributed by atoms with Gasteiger partial charge in [-0.2, -0.15) is 5.10 Å². The molecule has 100 valence electrons. The van der Waals surface area contributed by atoms with E-state index >= 15 is 0 Å². The van der Waals surface area contributed by atoms with E-state index in [1.54, 1.807) is 10.7 Å². The Kier molecular flexibility index (Phi) is 4.34. The number of aromatic nitrogens is 2. The van der Waals surface area contributed by atoms with Crippen LogP contribution in [0, 0.1) is 6.92 Å². The zero-order valence-corrected chi connectivity index (χ0v) is 11.0. The predicted octanol–water partition coefficient (Wildman–Crippen LogP) is 2.91. The van der Waals surface area contributed by atoms with Crippen molar-refractivity contribution in [3.05, 3.63) is 53.3 Å². The summed E-state index contributed by atoms with van der Waals surface area (Å²) in [6.07, 6.45) is 2.97. The molecule has 0 bridgehead atoms. The van der Waals surface area contributed by atoms with Crippen LogP contribution in [0.15, 0.2) is 36.4 Å². The Balaban J connectivity index is 1.84. The van der Waals surface area contributed by atoms with Gasteiger partial charge in [-0.25, -0.2) is 4.79 Å². The smallest absolute Gasteiger partial charge is 0.354 e. The van der Waals surface area contributed by atoms with Gasteiger partial charge in [0.25, 0.3) is 0 Å². The molecule has 1 aromatic carbocycles. The van der Waals surface area contributed by atoms with Gasteiger partial charge in [-0.1, -0.05) is 30.3 Å². The molecule has 0 saturated heterocycles. The molecule has 0 aliphatic heterocycles. The van der Waals surface area contributed by atoms with Crippen molar-refractivity contribution in [2.75, 3.05) is 0 Å². The van der Waals surface area contributed by atoms with Gasteiger partial charge in [-0.15, -0.1) is 0 Å².